The number of carbonyl (C=O) groups is 1. The molecule has 0 spiro atoms. The number of nitrogens with one attached hydrogen (secondary N) is 1. The summed E-state index contributed by atoms with van der Waals surface area (Å²) in [6.45, 7) is 0.557. The average Bonchev–Trinajstić information content (AvgIpc) is 2.70. The maximum atomic E-state index is 12.3. The predicted molar refractivity (Wildman–Crippen MR) is 111 cm³/mol. The number of carbonyl (C=O) groups excluding carboxylic acids is 1. The van der Waals surface area contributed by atoms with E-state index in [1.54, 1.807) is 31.4 Å². The van der Waals surface area contributed by atoms with Gasteiger partial charge in [0.2, 0.25) is 0 Å². The van der Waals surface area contributed by atoms with Gasteiger partial charge in [0, 0.05) is 33.3 Å². The largest absolute Gasteiger partial charge is 0.497 e. The molecule has 0 radical (unpaired) electrons. The van der Waals surface area contributed by atoms with Crippen molar-refractivity contribution in [2.45, 2.75) is 12.8 Å². The van der Waals surface area contributed by atoms with Crippen LogP contribution in [-0.4, -0.2) is 53.4 Å². The van der Waals surface area contributed by atoms with E-state index in [0.29, 0.717) is 17.8 Å². The summed E-state index contributed by atoms with van der Waals surface area (Å²) in [4.78, 5) is 12.3. The summed E-state index contributed by atoms with van der Waals surface area (Å²) in [5, 5.41) is 2.89. The Morgan fingerprint density at radius 3 is 2.14 bits per heavy atom. The van der Waals surface area contributed by atoms with Crippen molar-refractivity contribution in [3.8, 4) is 5.75 Å². The molecule has 0 bridgehead atoms. The van der Waals surface area contributed by atoms with Crippen LogP contribution in [0, 0.1) is 0 Å². The van der Waals surface area contributed by atoms with Crippen molar-refractivity contribution in [3.05, 3.63) is 59.7 Å². The summed E-state index contributed by atoms with van der Waals surface area (Å²) in [5.74, 6) is 0.643. The molecule has 0 saturated heterocycles. The van der Waals surface area contributed by atoms with Gasteiger partial charge in [-0.15, -0.1) is 0 Å². The second-order valence-corrected chi connectivity index (χ2v) is 8.69. The smallest absolute Gasteiger partial charge is 0.303 e. The first-order valence-corrected chi connectivity index (χ1v) is 10.3. The van der Waals surface area contributed by atoms with E-state index in [9.17, 15) is 13.2 Å². The van der Waals surface area contributed by atoms with Gasteiger partial charge in [-0.25, -0.2) is 0 Å². The molecule has 0 aromatic heterocycles. The maximum Gasteiger partial charge on any atom is 0.303 e. The standard InChI is InChI=1S/C20H27N3O4S/c1-22(2)28(25,26)23(3)18-11-9-17(10-12-18)20(24)21-15-5-6-16-7-13-19(27-4)14-8-16/h7-14H,5-6,15H2,1-4H3,(H,21,24). The van der Waals surface area contributed by atoms with Crippen LogP contribution in [0.4, 0.5) is 5.69 Å². The molecule has 2 rings (SSSR count). The fourth-order valence-electron chi connectivity index (χ4n) is 2.59. The van der Waals surface area contributed by atoms with E-state index in [4.69, 9.17) is 4.74 Å². The highest BCUT2D eigenvalue weighted by Gasteiger charge is 2.20. The van der Waals surface area contributed by atoms with Gasteiger partial charge in [0.1, 0.15) is 5.75 Å². The molecule has 0 atom stereocenters. The Bertz CT molecular complexity index is 879. The maximum absolute atomic E-state index is 12.3. The molecule has 0 fully saturated rings. The minimum absolute atomic E-state index is 0.181. The number of anilines is 1. The van der Waals surface area contributed by atoms with Gasteiger partial charge in [-0.05, 0) is 54.8 Å². The number of rotatable bonds is 9. The first-order valence-electron chi connectivity index (χ1n) is 8.93. The van der Waals surface area contributed by atoms with E-state index in [0.717, 1.165) is 22.9 Å². The highest BCUT2D eigenvalue weighted by molar-refractivity contribution is 7.90. The fraction of sp³-hybridized carbons (Fsp3) is 0.350. The normalized spacial score (nSPS) is 11.3. The van der Waals surface area contributed by atoms with Crippen LogP contribution in [0.25, 0.3) is 0 Å². The van der Waals surface area contributed by atoms with E-state index in [2.05, 4.69) is 5.32 Å². The molecule has 0 saturated carbocycles. The third kappa shape index (κ3) is 5.46. The fourth-order valence-corrected chi connectivity index (χ4v) is 3.47. The van der Waals surface area contributed by atoms with Crippen LogP contribution >= 0.6 is 0 Å². The minimum atomic E-state index is -3.55. The molecular weight excluding hydrogens is 378 g/mol. The summed E-state index contributed by atoms with van der Waals surface area (Å²) in [6.07, 6.45) is 1.68. The van der Waals surface area contributed by atoms with Crippen LogP contribution in [0.5, 0.6) is 5.75 Å². The van der Waals surface area contributed by atoms with Crippen molar-refractivity contribution in [1.29, 1.82) is 0 Å². The van der Waals surface area contributed by atoms with Gasteiger partial charge in [0.25, 0.3) is 5.91 Å². The zero-order valence-electron chi connectivity index (χ0n) is 16.7. The third-order valence-corrected chi connectivity index (χ3v) is 6.21. The van der Waals surface area contributed by atoms with Crippen LogP contribution in [0.2, 0.25) is 0 Å². The van der Waals surface area contributed by atoms with Crippen LogP contribution in [0.3, 0.4) is 0 Å². The van der Waals surface area contributed by atoms with Gasteiger partial charge in [0.15, 0.2) is 0 Å². The summed E-state index contributed by atoms with van der Waals surface area (Å²) in [7, 11) is 2.50. The SMILES string of the molecule is COc1ccc(CCCNC(=O)c2ccc(N(C)S(=O)(=O)N(C)C)cc2)cc1. The van der Waals surface area contributed by atoms with Gasteiger partial charge in [-0.2, -0.15) is 12.7 Å². The number of ether oxygens (including phenoxy) is 1. The monoisotopic (exact) mass is 405 g/mol. The second-order valence-electron chi connectivity index (χ2n) is 6.51. The number of aryl methyl sites for hydroxylation is 1. The Kier molecular flexibility index (Phi) is 7.42. The van der Waals surface area contributed by atoms with Crippen molar-refractivity contribution < 1.29 is 17.9 Å². The van der Waals surface area contributed by atoms with Gasteiger partial charge in [-0.1, -0.05) is 12.1 Å². The lowest BCUT2D eigenvalue weighted by Crippen LogP contribution is -2.37. The van der Waals surface area contributed by atoms with Crippen LogP contribution < -0.4 is 14.4 Å². The molecule has 8 heteroatoms. The third-order valence-electron chi connectivity index (χ3n) is 4.39. The predicted octanol–water partition coefficient (Wildman–Crippen LogP) is 2.30. The molecular formula is C20H27N3O4S. The Labute approximate surface area is 167 Å². The number of amides is 1. The summed E-state index contributed by atoms with van der Waals surface area (Å²) in [5.41, 5.74) is 2.16. The highest BCUT2D eigenvalue weighted by Crippen LogP contribution is 2.18. The Morgan fingerprint density at radius 2 is 1.61 bits per heavy atom. The molecule has 28 heavy (non-hydrogen) atoms. The summed E-state index contributed by atoms with van der Waals surface area (Å²) in [6, 6.07) is 14.3. The van der Waals surface area contributed by atoms with E-state index in [1.807, 2.05) is 24.3 Å². The van der Waals surface area contributed by atoms with Crippen molar-refractivity contribution in [1.82, 2.24) is 9.62 Å². The van der Waals surface area contributed by atoms with Crippen LogP contribution in [-0.2, 0) is 16.6 Å². The molecule has 0 aliphatic rings. The first-order chi connectivity index (χ1) is 13.3. The van der Waals surface area contributed by atoms with Crippen molar-refractivity contribution in [3.63, 3.8) is 0 Å². The average molecular weight is 406 g/mol. The molecule has 0 unspecified atom stereocenters. The van der Waals surface area contributed by atoms with Crippen molar-refractivity contribution >= 4 is 21.8 Å². The van der Waals surface area contributed by atoms with Crippen molar-refractivity contribution in [2.24, 2.45) is 0 Å². The van der Waals surface area contributed by atoms with E-state index >= 15 is 0 Å². The molecule has 1 amide bonds. The summed E-state index contributed by atoms with van der Waals surface area (Å²) < 4.78 is 31.7. The second kappa shape index (κ2) is 9.57. The van der Waals surface area contributed by atoms with Crippen LogP contribution in [0.15, 0.2) is 48.5 Å². The molecule has 152 valence electrons. The molecule has 0 aliphatic heterocycles. The zero-order chi connectivity index (χ0) is 20.7. The first kappa shape index (κ1) is 21.7. The van der Waals surface area contributed by atoms with E-state index in [1.165, 1.54) is 31.0 Å². The topological polar surface area (TPSA) is 79.0 Å². The number of hydrogen-bond acceptors (Lipinski definition) is 4. The van der Waals surface area contributed by atoms with E-state index in [-0.39, 0.29) is 5.91 Å². The minimum Gasteiger partial charge on any atom is -0.497 e. The Balaban J connectivity index is 1.85. The lowest BCUT2D eigenvalue weighted by molar-refractivity contribution is 0.0953. The zero-order valence-corrected chi connectivity index (χ0v) is 17.5. The highest BCUT2D eigenvalue weighted by atomic mass is 32.2. The van der Waals surface area contributed by atoms with Gasteiger partial charge < -0.3 is 10.1 Å². The van der Waals surface area contributed by atoms with Gasteiger partial charge in [0.05, 0.1) is 12.8 Å². The van der Waals surface area contributed by atoms with Gasteiger partial charge >= 0.3 is 10.2 Å². The number of methoxy groups -OCH3 is 1. The number of benzene rings is 2. The molecule has 0 aliphatic carbocycles. The molecule has 2 aromatic rings. The van der Waals surface area contributed by atoms with Crippen molar-refractivity contribution in [2.75, 3.05) is 39.1 Å². The lowest BCUT2D eigenvalue weighted by atomic mass is 10.1. The Morgan fingerprint density at radius 1 is 1.00 bits per heavy atom. The molecule has 1 N–H and O–H groups in total. The quantitative estimate of drug-likeness (QED) is 0.650. The molecule has 7 nitrogen and oxygen atoms in total. The van der Waals surface area contributed by atoms with Crippen LogP contribution in [0.1, 0.15) is 22.3 Å². The molecule has 2 aromatic carbocycles. The van der Waals surface area contributed by atoms with Gasteiger partial charge in [-0.3, -0.25) is 9.10 Å². The number of hydrogen-bond donors (Lipinski definition) is 1. The summed E-state index contributed by atoms with van der Waals surface area (Å²) >= 11 is 0. The Hall–Kier alpha value is -2.58. The lowest BCUT2D eigenvalue weighted by Gasteiger charge is -2.23. The molecule has 0 heterocycles. The number of nitrogens with zero attached hydrogens (tertiary/aromatic N) is 2. The van der Waals surface area contributed by atoms with E-state index < -0.39 is 10.2 Å².